The fourth-order valence-corrected chi connectivity index (χ4v) is 3.41. The average Bonchev–Trinajstić information content (AvgIpc) is 2.47. The molecule has 1 saturated carbocycles. The Hall–Kier alpha value is -1.67. The zero-order valence-electron chi connectivity index (χ0n) is 14.2. The molecule has 0 radical (unpaired) electrons. The van der Waals surface area contributed by atoms with Gasteiger partial charge in [-0.3, -0.25) is 8.98 Å². The molecule has 0 saturated heterocycles. The molecule has 1 amide bonds. The van der Waals surface area contributed by atoms with Crippen LogP contribution in [0.5, 0.6) is 5.75 Å². The highest BCUT2D eigenvalue weighted by atomic mass is 32.2. The minimum Gasteiger partial charge on any atom is -0.489 e. The second-order valence-electron chi connectivity index (χ2n) is 6.32. The summed E-state index contributed by atoms with van der Waals surface area (Å²) in [7, 11) is -3.50. The Morgan fingerprint density at radius 3 is 2.67 bits per heavy atom. The van der Waals surface area contributed by atoms with Crippen molar-refractivity contribution in [3.8, 4) is 5.75 Å². The molecule has 2 unspecified atom stereocenters. The summed E-state index contributed by atoms with van der Waals surface area (Å²) in [6.45, 7) is 3.85. The van der Waals surface area contributed by atoms with Gasteiger partial charge in [-0.2, -0.15) is 8.42 Å². The molecule has 1 aliphatic rings. The number of aromatic nitrogens is 1. The lowest BCUT2D eigenvalue weighted by Crippen LogP contribution is -2.32. The number of carbonyl (C=O) groups is 1. The van der Waals surface area contributed by atoms with Crippen LogP contribution in [0.2, 0.25) is 0 Å². The number of nitrogens with zero attached hydrogens (tertiary/aromatic N) is 1. The van der Waals surface area contributed by atoms with Crippen molar-refractivity contribution < 1.29 is 22.1 Å². The van der Waals surface area contributed by atoms with Crippen molar-refractivity contribution in [2.45, 2.75) is 51.7 Å². The van der Waals surface area contributed by atoms with E-state index in [-0.39, 0.29) is 17.9 Å². The van der Waals surface area contributed by atoms with Gasteiger partial charge in [0.25, 0.3) is 10.1 Å². The number of hydrogen-bond donors (Lipinski definition) is 1. The zero-order valence-corrected chi connectivity index (χ0v) is 15.0. The molecule has 1 aromatic heterocycles. The number of amides is 1. The van der Waals surface area contributed by atoms with Gasteiger partial charge in [0, 0.05) is 5.92 Å². The molecule has 1 aromatic rings. The smallest absolute Gasteiger partial charge is 0.264 e. The van der Waals surface area contributed by atoms with E-state index in [4.69, 9.17) is 8.92 Å². The van der Waals surface area contributed by atoms with Gasteiger partial charge in [-0.1, -0.05) is 6.42 Å². The summed E-state index contributed by atoms with van der Waals surface area (Å²) in [4.78, 5) is 16.5. The Bertz CT molecular complexity index is 658. The quantitative estimate of drug-likeness (QED) is 0.786. The lowest BCUT2D eigenvalue weighted by molar-refractivity contribution is -0.121. The van der Waals surface area contributed by atoms with Crippen molar-refractivity contribution in [3.63, 3.8) is 0 Å². The normalized spacial score (nSPS) is 21.5. The van der Waals surface area contributed by atoms with Crippen molar-refractivity contribution in [1.29, 1.82) is 0 Å². The molecule has 0 aromatic carbocycles. The van der Waals surface area contributed by atoms with Gasteiger partial charge in [0.1, 0.15) is 11.6 Å². The first kappa shape index (κ1) is 18.7. The van der Waals surface area contributed by atoms with Crippen molar-refractivity contribution >= 4 is 21.8 Å². The monoisotopic (exact) mass is 356 g/mol. The number of ether oxygens (including phenoxy) is 1. The molecule has 134 valence electrons. The zero-order chi connectivity index (χ0) is 17.7. The van der Waals surface area contributed by atoms with Crippen LogP contribution in [0.3, 0.4) is 0 Å². The van der Waals surface area contributed by atoms with Crippen molar-refractivity contribution in [3.05, 3.63) is 18.3 Å². The third kappa shape index (κ3) is 6.09. The summed E-state index contributed by atoms with van der Waals surface area (Å²) in [5.74, 6) is 0.644. The fraction of sp³-hybridized carbons (Fsp3) is 0.625. The molecular formula is C16H24N2O5S. The maximum Gasteiger partial charge on any atom is 0.264 e. The van der Waals surface area contributed by atoms with Crippen molar-refractivity contribution in [2.75, 3.05) is 11.6 Å². The van der Waals surface area contributed by atoms with E-state index in [1.165, 1.54) is 0 Å². The summed E-state index contributed by atoms with van der Waals surface area (Å²) in [5, 5.41) is 2.76. The molecule has 0 bridgehead atoms. The topological polar surface area (TPSA) is 94.6 Å². The van der Waals surface area contributed by atoms with Gasteiger partial charge in [-0.15, -0.1) is 0 Å². The fourth-order valence-electron chi connectivity index (χ4n) is 2.74. The summed E-state index contributed by atoms with van der Waals surface area (Å²) < 4.78 is 33.0. The Morgan fingerprint density at radius 1 is 1.33 bits per heavy atom. The van der Waals surface area contributed by atoms with E-state index < -0.39 is 16.2 Å². The van der Waals surface area contributed by atoms with Crippen molar-refractivity contribution in [1.82, 2.24) is 4.98 Å². The first-order valence-electron chi connectivity index (χ1n) is 8.05. The molecule has 2 atom stereocenters. The van der Waals surface area contributed by atoms with Gasteiger partial charge in [-0.05, 0) is 45.2 Å². The van der Waals surface area contributed by atoms with Crippen LogP contribution in [-0.2, 0) is 19.1 Å². The Balaban J connectivity index is 1.91. The van der Waals surface area contributed by atoms with Gasteiger partial charge in [0.2, 0.25) is 5.91 Å². The highest BCUT2D eigenvalue weighted by Crippen LogP contribution is 2.28. The second-order valence-corrected chi connectivity index (χ2v) is 7.92. The van der Waals surface area contributed by atoms with Gasteiger partial charge >= 0.3 is 0 Å². The Labute approximate surface area is 142 Å². The van der Waals surface area contributed by atoms with Crippen LogP contribution in [0.15, 0.2) is 18.3 Å². The maximum absolute atomic E-state index is 12.4. The van der Waals surface area contributed by atoms with Crippen LogP contribution in [0, 0.1) is 5.92 Å². The van der Waals surface area contributed by atoms with Crippen LogP contribution in [0.1, 0.15) is 39.5 Å². The van der Waals surface area contributed by atoms with E-state index in [2.05, 4.69) is 10.3 Å². The van der Waals surface area contributed by atoms with Gasteiger partial charge in [-0.25, -0.2) is 4.98 Å². The van der Waals surface area contributed by atoms with E-state index >= 15 is 0 Å². The Kier molecular flexibility index (Phi) is 6.17. The SMILES string of the molecule is CC(C)Oc1ccc(NC(=O)C2CCCC(OS(C)(=O)=O)C2)nc1. The lowest BCUT2D eigenvalue weighted by Gasteiger charge is -2.27. The molecule has 1 N–H and O–H groups in total. The summed E-state index contributed by atoms with van der Waals surface area (Å²) >= 11 is 0. The number of pyridine rings is 1. The van der Waals surface area contributed by atoms with Gasteiger partial charge < -0.3 is 10.1 Å². The van der Waals surface area contributed by atoms with Crippen molar-refractivity contribution in [2.24, 2.45) is 5.92 Å². The Morgan fingerprint density at radius 2 is 2.08 bits per heavy atom. The van der Waals surface area contributed by atoms with Gasteiger partial charge in [0.15, 0.2) is 0 Å². The van der Waals surface area contributed by atoms with Crippen LogP contribution in [-0.4, -0.2) is 37.8 Å². The highest BCUT2D eigenvalue weighted by molar-refractivity contribution is 7.86. The predicted octanol–water partition coefficient (Wildman–Crippen LogP) is 2.34. The standard InChI is InChI=1S/C16H24N2O5S/c1-11(2)22-14-7-8-15(17-10-14)18-16(19)12-5-4-6-13(9-12)23-24(3,20)21/h7-8,10-13H,4-6,9H2,1-3H3,(H,17,18,19). The third-order valence-electron chi connectivity index (χ3n) is 3.67. The number of hydrogen-bond acceptors (Lipinski definition) is 6. The molecule has 1 aliphatic carbocycles. The molecule has 0 aliphatic heterocycles. The summed E-state index contributed by atoms with van der Waals surface area (Å²) in [6, 6.07) is 3.43. The predicted molar refractivity (Wildman–Crippen MR) is 90.3 cm³/mol. The first-order valence-corrected chi connectivity index (χ1v) is 9.86. The molecule has 7 nitrogen and oxygen atoms in total. The third-order valence-corrected chi connectivity index (χ3v) is 4.29. The molecular weight excluding hydrogens is 332 g/mol. The lowest BCUT2D eigenvalue weighted by atomic mass is 9.87. The van der Waals surface area contributed by atoms with E-state index in [9.17, 15) is 13.2 Å². The molecule has 1 fully saturated rings. The van der Waals surface area contributed by atoms with E-state index in [1.54, 1.807) is 18.3 Å². The molecule has 1 heterocycles. The van der Waals surface area contributed by atoms with E-state index in [0.717, 1.165) is 12.7 Å². The minimum atomic E-state index is -3.50. The van der Waals surface area contributed by atoms with Crippen LogP contribution < -0.4 is 10.1 Å². The average molecular weight is 356 g/mol. The number of nitrogens with one attached hydrogen (secondary N) is 1. The minimum absolute atomic E-state index is 0.0567. The van der Waals surface area contributed by atoms with Crippen LogP contribution in [0.25, 0.3) is 0 Å². The molecule has 0 spiro atoms. The molecule has 2 rings (SSSR count). The van der Waals surface area contributed by atoms with Crippen LogP contribution in [0.4, 0.5) is 5.82 Å². The number of carbonyl (C=O) groups excluding carboxylic acids is 1. The highest BCUT2D eigenvalue weighted by Gasteiger charge is 2.29. The first-order chi connectivity index (χ1) is 11.2. The summed E-state index contributed by atoms with van der Waals surface area (Å²) in [6.07, 6.45) is 4.73. The largest absolute Gasteiger partial charge is 0.489 e. The summed E-state index contributed by atoms with van der Waals surface area (Å²) in [5.41, 5.74) is 0. The molecule has 24 heavy (non-hydrogen) atoms. The number of anilines is 1. The maximum atomic E-state index is 12.4. The van der Waals surface area contributed by atoms with Crippen LogP contribution >= 0.6 is 0 Å². The van der Waals surface area contributed by atoms with E-state index in [0.29, 0.717) is 30.8 Å². The van der Waals surface area contributed by atoms with Gasteiger partial charge in [0.05, 0.1) is 24.7 Å². The molecule has 8 heteroatoms. The van der Waals surface area contributed by atoms with E-state index in [1.807, 2.05) is 13.8 Å². The number of rotatable bonds is 6. The second kappa shape index (κ2) is 7.94.